The monoisotopic (exact) mass is 496 g/mol. The number of likely N-dealkylation sites (tertiary alicyclic amines) is 1. The SMILES string of the molecule is COCCCN1C(=O)C(=O)/C(=C(\O)c2c[nH]c3ccccc23)C1c1ccc(OCc2ccccc2)cc1. The average molecular weight is 497 g/mol. The van der Waals surface area contributed by atoms with E-state index >= 15 is 0 Å². The number of rotatable bonds is 9. The van der Waals surface area contributed by atoms with Gasteiger partial charge < -0.3 is 24.5 Å². The Hall–Kier alpha value is -4.36. The molecule has 2 heterocycles. The number of amides is 1. The number of carbonyl (C=O) groups excluding carboxylic acids is 2. The third kappa shape index (κ3) is 4.86. The normalized spacial score (nSPS) is 17.0. The molecule has 1 aromatic heterocycles. The van der Waals surface area contributed by atoms with Crippen LogP contribution >= 0.6 is 0 Å². The minimum atomic E-state index is -0.728. The van der Waals surface area contributed by atoms with Gasteiger partial charge in [-0.05, 0) is 35.7 Å². The summed E-state index contributed by atoms with van der Waals surface area (Å²) in [5, 5.41) is 12.2. The molecule has 1 aliphatic heterocycles. The van der Waals surface area contributed by atoms with Gasteiger partial charge in [0.2, 0.25) is 0 Å². The molecule has 2 N–H and O–H groups in total. The molecular weight excluding hydrogens is 468 g/mol. The van der Waals surface area contributed by atoms with Crippen molar-refractivity contribution < 1.29 is 24.2 Å². The number of fused-ring (bicyclic) bond motifs is 1. The number of H-pyrrole nitrogens is 1. The second kappa shape index (κ2) is 10.7. The van der Waals surface area contributed by atoms with Crippen LogP contribution in [0.5, 0.6) is 5.75 Å². The Kier molecular flexibility index (Phi) is 7.05. The van der Waals surface area contributed by atoms with Gasteiger partial charge in [0.15, 0.2) is 0 Å². The first-order valence-corrected chi connectivity index (χ1v) is 12.2. The van der Waals surface area contributed by atoms with Gasteiger partial charge in [0.05, 0.1) is 11.6 Å². The Morgan fingerprint density at radius 1 is 0.973 bits per heavy atom. The Labute approximate surface area is 214 Å². The second-order valence-electron chi connectivity index (χ2n) is 8.93. The Balaban J connectivity index is 1.51. The summed E-state index contributed by atoms with van der Waals surface area (Å²) in [4.78, 5) is 31.0. The number of aliphatic hydroxyl groups excluding tert-OH is 1. The number of aromatic amines is 1. The molecule has 37 heavy (non-hydrogen) atoms. The number of Topliss-reactive ketones (excluding diaryl/α,β-unsaturated/α-hetero) is 1. The van der Waals surface area contributed by atoms with Crippen molar-refractivity contribution in [3.8, 4) is 5.75 Å². The van der Waals surface area contributed by atoms with Crippen LogP contribution in [0.25, 0.3) is 16.7 Å². The molecule has 7 heteroatoms. The number of nitrogens with one attached hydrogen (secondary N) is 1. The van der Waals surface area contributed by atoms with Crippen LogP contribution in [-0.4, -0.2) is 46.9 Å². The van der Waals surface area contributed by atoms with Crippen LogP contribution in [0, 0.1) is 0 Å². The summed E-state index contributed by atoms with van der Waals surface area (Å²) in [5.41, 5.74) is 3.15. The Bertz CT molecular complexity index is 1440. The van der Waals surface area contributed by atoms with Gasteiger partial charge in [-0.1, -0.05) is 60.7 Å². The first kappa shape index (κ1) is 24.3. The topological polar surface area (TPSA) is 91.9 Å². The lowest BCUT2D eigenvalue weighted by molar-refractivity contribution is -0.140. The number of methoxy groups -OCH3 is 1. The molecule has 4 aromatic rings. The smallest absolute Gasteiger partial charge is 0.295 e. The van der Waals surface area contributed by atoms with Gasteiger partial charge >= 0.3 is 0 Å². The predicted octanol–water partition coefficient (Wildman–Crippen LogP) is 5.21. The number of hydrogen-bond donors (Lipinski definition) is 2. The lowest BCUT2D eigenvalue weighted by Crippen LogP contribution is -2.31. The van der Waals surface area contributed by atoms with E-state index in [4.69, 9.17) is 9.47 Å². The molecule has 0 saturated carbocycles. The van der Waals surface area contributed by atoms with Gasteiger partial charge in [0, 0.05) is 42.9 Å². The molecule has 1 amide bonds. The average Bonchev–Trinajstić information content (AvgIpc) is 3.47. The van der Waals surface area contributed by atoms with E-state index in [0.717, 1.165) is 16.5 Å². The number of para-hydroxylation sites is 1. The Morgan fingerprint density at radius 2 is 1.70 bits per heavy atom. The number of aromatic nitrogens is 1. The molecule has 0 spiro atoms. The molecular formula is C30H28N2O5. The molecule has 0 radical (unpaired) electrons. The number of ether oxygens (including phenoxy) is 2. The summed E-state index contributed by atoms with van der Waals surface area (Å²) in [6.07, 6.45) is 2.22. The van der Waals surface area contributed by atoms with Gasteiger partial charge in [0.25, 0.3) is 11.7 Å². The van der Waals surface area contributed by atoms with Gasteiger partial charge in [-0.15, -0.1) is 0 Å². The molecule has 7 nitrogen and oxygen atoms in total. The summed E-state index contributed by atoms with van der Waals surface area (Å²) < 4.78 is 11.1. The minimum Gasteiger partial charge on any atom is -0.507 e. The molecule has 1 atom stereocenters. The third-order valence-electron chi connectivity index (χ3n) is 6.58. The number of aliphatic hydroxyl groups is 1. The lowest BCUT2D eigenvalue weighted by atomic mass is 9.95. The zero-order chi connectivity index (χ0) is 25.8. The zero-order valence-electron chi connectivity index (χ0n) is 20.5. The highest BCUT2D eigenvalue weighted by Crippen LogP contribution is 2.41. The molecule has 1 aliphatic rings. The molecule has 1 fully saturated rings. The number of benzene rings is 3. The molecule has 5 rings (SSSR count). The van der Waals surface area contributed by atoms with E-state index in [-0.39, 0.29) is 11.3 Å². The maximum atomic E-state index is 13.3. The van der Waals surface area contributed by atoms with E-state index in [9.17, 15) is 14.7 Å². The summed E-state index contributed by atoms with van der Waals surface area (Å²) in [7, 11) is 1.59. The van der Waals surface area contributed by atoms with E-state index in [1.807, 2.05) is 78.9 Å². The number of nitrogens with zero attached hydrogens (tertiary/aromatic N) is 1. The van der Waals surface area contributed by atoms with Crippen LogP contribution in [0.1, 0.15) is 29.2 Å². The largest absolute Gasteiger partial charge is 0.507 e. The van der Waals surface area contributed by atoms with Gasteiger partial charge in [-0.25, -0.2) is 0 Å². The highest BCUT2D eigenvalue weighted by atomic mass is 16.5. The molecule has 0 bridgehead atoms. The van der Waals surface area contributed by atoms with Crippen LogP contribution in [0.4, 0.5) is 0 Å². The molecule has 188 valence electrons. The van der Waals surface area contributed by atoms with Crippen molar-refractivity contribution >= 4 is 28.4 Å². The second-order valence-corrected chi connectivity index (χ2v) is 8.93. The van der Waals surface area contributed by atoms with Gasteiger partial charge in [-0.3, -0.25) is 9.59 Å². The predicted molar refractivity (Wildman–Crippen MR) is 141 cm³/mol. The molecule has 0 aliphatic carbocycles. The van der Waals surface area contributed by atoms with E-state index < -0.39 is 17.7 Å². The molecule has 3 aromatic carbocycles. The van der Waals surface area contributed by atoms with Crippen LogP contribution < -0.4 is 4.74 Å². The van der Waals surface area contributed by atoms with E-state index in [1.165, 1.54) is 4.90 Å². The number of hydrogen-bond acceptors (Lipinski definition) is 5. The first-order valence-electron chi connectivity index (χ1n) is 12.2. The first-order chi connectivity index (χ1) is 18.1. The highest BCUT2D eigenvalue weighted by molar-refractivity contribution is 6.46. The maximum absolute atomic E-state index is 13.3. The Morgan fingerprint density at radius 3 is 2.46 bits per heavy atom. The van der Waals surface area contributed by atoms with Crippen molar-refractivity contribution in [2.45, 2.75) is 19.1 Å². The fraction of sp³-hybridized carbons (Fsp3) is 0.200. The lowest BCUT2D eigenvalue weighted by Gasteiger charge is -2.25. The zero-order valence-corrected chi connectivity index (χ0v) is 20.5. The van der Waals surface area contributed by atoms with E-state index in [2.05, 4.69) is 4.98 Å². The standard InChI is InChI=1S/C30H28N2O5/c1-36-17-7-16-32-27(21-12-14-22(15-13-21)37-19-20-8-3-2-4-9-20)26(29(34)30(32)35)28(33)24-18-31-25-11-6-5-10-23(24)25/h2-6,8-15,18,27,31,33H,7,16-17,19H2,1H3/b28-26-. The summed E-state index contributed by atoms with van der Waals surface area (Å²) >= 11 is 0. The summed E-state index contributed by atoms with van der Waals surface area (Å²) in [6.45, 7) is 1.20. The van der Waals surface area contributed by atoms with Gasteiger partial charge in [-0.2, -0.15) is 0 Å². The van der Waals surface area contributed by atoms with Crippen molar-refractivity contribution in [3.05, 3.63) is 107 Å². The number of ketones is 1. The van der Waals surface area contributed by atoms with E-state index in [1.54, 1.807) is 13.3 Å². The van der Waals surface area contributed by atoms with Crippen LogP contribution in [-0.2, 0) is 20.9 Å². The van der Waals surface area contributed by atoms with Crippen molar-refractivity contribution in [1.29, 1.82) is 0 Å². The van der Waals surface area contributed by atoms with E-state index in [0.29, 0.717) is 43.1 Å². The number of carbonyl (C=O) groups is 2. The van der Waals surface area contributed by atoms with Crippen LogP contribution in [0.2, 0.25) is 0 Å². The minimum absolute atomic E-state index is 0.0742. The van der Waals surface area contributed by atoms with Crippen molar-refractivity contribution in [2.24, 2.45) is 0 Å². The summed E-state index contributed by atoms with van der Waals surface area (Å²) in [6, 6.07) is 23.9. The van der Waals surface area contributed by atoms with Crippen molar-refractivity contribution in [2.75, 3.05) is 20.3 Å². The van der Waals surface area contributed by atoms with Crippen LogP contribution in [0.15, 0.2) is 90.6 Å². The quantitative estimate of drug-likeness (QED) is 0.144. The molecule has 1 unspecified atom stereocenters. The fourth-order valence-electron chi connectivity index (χ4n) is 4.74. The van der Waals surface area contributed by atoms with Crippen molar-refractivity contribution in [3.63, 3.8) is 0 Å². The van der Waals surface area contributed by atoms with Crippen LogP contribution in [0.3, 0.4) is 0 Å². The highest BCUT2D eigenvalue weighted by Gasteiger charge is 2.46. The maximum Gasteiger partial charge on any atom is 0.295 e. The third-order valence-corrected chi connectivity index (χ3v) is 6.58. The van der Waals surface area contributed by atoms with Crippen molar-refractivity contribution in [1.82, 2.24) is 9.88 Å². The van der Waals surface area contributed by atoms with Gasteiger partial charge in [0.1, 0.15) is 18.1 Å². The summed E-state index contributed by atoms with van der Waals surface area (Å²) in [5.74, 6) is -0.860. The fourth-order valence-corrected chi connectivity index (χ4v) is 4.74. The molecule has 1 saturated heterocycles.